The molecule has 0 amide bonds. The maximum absolute atomic E-state index is 12.6. The maximum Gasteiger partial charge on any atom is 0.416 e. The molecule has 208 valence electrons. The molecular formula is C30H28N6O5. The highest BCUT2D eigenvalue weighted by molar-refractivity contribution is 6.10. The first kappa shape index (κ1) is 27.1. The van der Waals surface area contributed by atoms with Crippen LogP contribution in [0.4, 0.5) is 4.79 Å². The average Bonchev–Trinajstić information content (AvgIpc) is 3.56. The predicted octanol–water partition coefficient (Wildman–Crippen LogP) is 5.00. The van der Waals surface area contributed by atoms with Gasteiger partial charge in [-0.05, 0) is 42.7 Å². The molecule has 0 saturated heterocycles. The lowest BCUT2D eigenvalue weighted by atomic mass is 9.98. The van der Waals surface area contributed by atoms with E-state index >= 15 is 0 Å². The number of carboxylic acid groups (broad SMARTS) is 1. The summed E-state index contributed by atoms with van der Waals surface area (Å²) < 4.78 is 14.0. The highest BCUT2D eigenvalue weighted by Crippen LogP contribution is 2.29. The van der Waals surface area contributed by atoms with E-state index in [1.165, 1.54) is 18.7 Å². The standard InChI is InChI=1S/C26H24N4O3.C4H4N2O2/c1-3-32-25(31)21-10-7-11-22-23(21)30(26(27-22)33-4-2)16-17-12-14-18(15-13-17)19-8-5-6-9-20(19)24-28-29-24;7-4(8)6-2-1-5-3-6/h5-15H,3-4,16H2,1-2H3,(H,28,29);1-3H,(H,7,8). The van der Waals surface area contributed by atoms with Gasteiger partial charge in [0.2, 0.25) is 0 Å². The Morgan fingerprint density at radius 1 is 0.951 bits per heavy atom. The highest BCUT2D eigenvalue weighted by atomic mass is 16.5. The Morgan fingerprint density at radius 3 is 2.32 bits per heavy atom. The van der Waals surface area contributed by atoms with E-state index < -0.39 is 6.09 Å². The molecule has 6 rings (SSSR count). The molecule has 3 heterocycles. The Balaban J connectivity index is 0.000000365. The molecule has 3 aromatic carbocycles. The van der Waals surface area contributed by atoms with Crippen LogP contribution in [0.25, 0.3) is 22.2 Å². The van der Waals surface area contributed by atoms with Gasteiger partial charge in [0.1, 0.15) is 6.33 Å². The molecule has 1 aliphatic rings. The minimum Gasteiger partial charge on any atom is -0.465 e. The molecule has 0 unspecified atom stereocenters. The zero-order valence-corrected chi connectivity index (χ0v) is 22.5. The van der Waals surface area contributed by atoms with E-state index in [1.54, 1.807) is 13.0 Å². The summed E-state index contributed by atoms with van der Waals surface area (Å²) in [6, 6.07) is 22.5. The first-order valence-electron chi connectivity index (χ1n) is 13.0. The van der Waals surface area contributed by atoms with Gasteiger partial charge in [-0.3, -0.25) is 9.99 Å². The third-order valence-electron chi connectivity index (χ3n) is 6.24. The van der Waals surface area contributed by atoms with E-state index in [9.17, 15) is 9.59 Å². The second kappa shape index (κ2) is 12.2. The van der Waals surface area contributed by atoms with Crippen LogP contribution < -0.4 is 10.2 Å². The lowest BCUT2D eigenvalue weighted by Gasteiger charge is -2.12. The molecule has 0 saturated carbocycles. The van der Waals surface area contributed by atoms with Crippen LogP contribution in [0.5, 0.6) is 6.01 Å². The number of hydrogen-bond acceptors (Lipinski definition) is 8. The molecular weight excluding hydrogens is 524 g/mol. The molecule has 11 nitrogen and oxygen atoms in total. The summed E-state index contributed by atoms with van der Waals surface area (Å²) in [5.74, 6) is 0.545. The van der Waals surface area contributed by atoms with Crippen LogP contribution in [0.15, 0.2) is 90.6 Å². The molecule has 11 heteroatoms. The van der Waals surface area contributed by atoms with Crippen molar-refractivity contribution in [2.75, 3.05) is 13.2 Å². The van der Waals surface area contributed by atoms with Gasteiger partial charge >= 0.3 is 12.1 Å². The largest absolute Gasteiger partial charge is 0.465 e. The summed E-state index contributed by atoms with van der Waals surface area (Å²) in [5, 5.41) is 12.3. The van der Waals surface area contributed by atoms with Gasteiger partial charge in [-0.25, -0.2) is 19.1 Å². The summed E-state index contributed by atoms with van der Waals surface area (Å²) in [6.45, 7) is 5.02. The van der Waals surface area contributed by atoms with Crippen LogP contribution in [0, 0.1) is 0 Å². The number of imidazole rings is 2. The number of hydrogen-bond donors (Lipinski definition) is 2. The number of carbonyl (C=O) groups excluding carboxylic acids is 1. The molecule has 0 atom stereocenters. The van der Waals surface area contributed by atoms with Crippen molar-refractivity contribution in [1.82, 2.24) is 24.5 Å². The van der Waals surface area contributed by atoms with Crippen molar-refractivity contribution in [2.24, 2.45) is 5.10 Å². The number of nitrogens with one attached hydrogen (secondary N) is 1. The number of aromatic nitrogens is 4. The van der Waals surface area contributed by atoms with Crippen LogP contribution in [0.1, 0.15) is 35.3 Å². The van der Waals surface area contributed by atoms with E-state index in [1.807, 2.05) is 35.8 Å². The Morgan fingerprint density at radius 2 is 1.71 bits per heavy atom. The molecule has 5 aromatic rings. The van der Waals surface area contributed by atoms with Gasteiger partial charge in [0, 0.05) is 18.0 Å². The van der Waals surface area contributed by atoms with Gasteiger partial charge in [0.25, 0.3) is 6.01 Å². The number of rotatable bonds is 8. The fraction of sp³-hybridized carbons (Fsp3) is 0.167. The Kier molecular flexibility index (Phi) is 8.05. The van der Waals surface area contributed by atoms with E-state index in [-0.39, 0.29) is 5.97 Å². The van der Waals surface area contributed by atoms with E-state index in [0.29, 0.717) is 42.4 Å². The van der Waals surface area contributed by atoms with Crippen LogP contribution in [0.3, 0.4) is 0 Å². The molecule has 0 aliphatic carbocycles. The van der Waals surface area contributed by atoms with Crippen molar-refractivity contribution >= 4 is 28.9 Å². The Labute approximate surface area is 235 Å². The fourth-order valence-electron chi connectivity index (χ4n) is 4.36. The summed E-state index contributed by atoms with van der Waals surface area (Å²) in [6.07, 6.45) is 2.99. The minimum absolute atomic E-state index is 0.312. The number of ether oxygens (including phenoxy) is 2. The van der Waals surface area contributed by atoms with E-state index in [4.69, 9.17) is 14.6 Å². The number of esters is 1. The normalized spacial score (nSPS) is 11.6. The van der Waals surface area contributed by atoms with Crippen molar-refractivity contribution in [3.05, 3.63) is 102 Å². The third-order valence-corrected chi connectivity index (χ3v) is 6.24. The van der Waals surface area contributed by atoms with Crippen LogP contribution in [0.2, 0.25) is 0 Å². The minimum atomic E-state index is -1.01. The van der Waals surface area contributed by atoms with Crippen LogP contribution >= 0.6 is 0 Å². The molecule has 0 bridgehead atoms. The molecule has 41 heavy (non-hydrogen) atoms. The second-order valence-electron chi connectivity index (χ2n) is 8.87. The van der Waals surface area contributed by atoms with Gasteiger partial charge < -0.3 is 14.6 Å². The fourth-order valence-corrected chi connectivity index (χ4v) is 4.36. The van der Waals surface area contributed by atoms with Crippen molar-refractivity contribution in [3.63, 3.8) is 0 Å². The molecule has 2 N–H and O–H groups in total. The monoisotopic (exact) mass is 552 g/mol. The Bertz CT molecular complexity index is 1710. The van der Waals surface area contributed by atoms with Crippen LogP contribution in [-0.2, 0) is 11.3 Å². The van der Waals surface area contributed by atoms with Gasteiger partial charge in [-0.1, -0.05) is 54.6 Å². The first-order valence-corrected chi connectivity index (χ1v) is 13.0. The van der Waals surface area contributed by atoms with Crippen molar-refractivity contribution in [3.8, 4) is 17.1 Å². The SMILES string of the molecule is CCOC(=O)c1cccc2nc(OCC)n(Cc3ccc(-c4ccccc4C4=NN4)cc3)c12.O=C(O)n1ccnc1. The van der Waals surface area contributed by atoms with Gasteiger partial charge in [0.15, 0.2) is 5.84 Å². The van der Waals surface area contributed by atoms with Crippen molar-refractivity contribution in [2.45, 2.75) is 20.4 Å². The Hall–Kier alpha value is -5.45. The third kappa shape index (κ3) is 6.09. The summed E-state index contributed by atoms with van der Waals surface area (Å²) >= 11 is 0. The second-order valence-corrected chi connectivity index (χ2v) is 8.87. The summed E-state index contributed by atoms with van der Waals surface area (Å²) in [7, 11) is 0. The predicted molar refractivity (Wildman–Crippen MR) is 153 cm³/mol. The number of fused-ring (bicyclic) bond motifs is 1. The zero-order valence-electron chi connectivity index (χ0n) is 22.5. The first-order chi connectivity index (χ1) is 20.0. The summed E-state index contributed by atoms with van der Waals surface area (Å²) in [5.41, 5.74) is 9.23. The van der Waals surface area contributed by atoms with Crippen molar-refractivity contribution < 1.29 is 24.2 Å². The number of hydrazone groups is 1. The molecule has 0 fully saturated rings. The van der Waals surface area contributed by atoms with E-state index in [0.717, 1.165) is 32.7 Å². The smallest absolute Gasteiger partial charge is 0.416 e. The topological polar surface area (TPSA) is 143 Å². The number of nitrogens with zero attached hydrogens (tertiary/aromatic N) is 5. The van der Waals surface area contributed by atoms with E-state index in [2.05, 4.69) is 56.9 Å². The molecule has 0 spiro atoms. The van der Waals surface area contributed by atoms with Gasteiger partial charge in [-0.2, -0.15) is 10.1 Å². The zero-order chi connectivity index (χ0) is 28.8. The van der Waals surface area contributed by atoms with Crippen LogP contribution in [-0.4, -0.2) is 55.3 Å². The van der Waals surface area contributed by atoms with Gasteiger partial charge in [0.05, 0.1) is 36.4 Å². The number of amidine groups is 1. The van der Waals surface area contributed by atoms with Crippen molar-refractivity contribution in [1.29, 1.82) is 0 Å². The number of benzene rings is 3. The lowest BCUT2D eigenvalue weighted by Crippen LogP contribution is -2.10. The molecule has 0 radical (unpaired) electrons. The number of carbonyl (C=O) groups is 2. The molecule has 1 aliphatic heterocycles. The maximum atomic E-state index is 12.6. The van der Waals surface area contributed by atoms with Gasteiger partial charge in [-0.15, -0.1) is 0 Å². The summed E-state index contributed by atoms with van der Waals surface area (Å²) in [4.78, 5) is 30.7. The molecule has 2 aromatic heterocycles. The number of para-hydroxylation sites is 1. The quantitative estimate of drug-likeness (QED) is 0.256. The average molecular weight is 553 g/mol. The highest BCUT2D eigenvalue weighted by Gasteiger charge is 2.21. The lowest BCUT2D eigenvalue weighted by molar-refractivity contribution is 0.0528.